The number of aromatic amines is 1. The third-order valence-corrected chi connectivity index (χ3v) is 5.83. The van der Waals surface area contributed by atoms with E-state index in [2.05, 4.69) is 56.4 Å². The molecule has 0 aliphatic carbocycles. The normalized spacial score (nSPS) is 19.5. The number of aliphatic hydroxyl groups excluding tert-OH is 1. The van der Waals surface area contributed by atoms with E-state index in [1.807, 2.05) is 12.1 Å². The molecule has 0 bridgehead atoms. The number of thiophene rings is 1. The van der Waals surface area contributed by atoms with Gasteiger partial charge in [-0.1, -0.05) is 30.3 Å². The van der Waals surface area contributed by atoms with E-state index >= 15 is 0 Å². The quantitative estimate of drug-likeness (QED) is 0.727. The average molecular weight is 369 g/mol. The van der Waals surface area contributed by atoms with Gasteiger partial charge >= 0.3 is 0 Å². The van der Waals surface area contributed by atoms with E-state index in [1.54, 1.807) is 17.5 Å². The summed E-state index contributed by atoms with van der Waals surface area (Å²) in [6.45, 7) is 5.19. The maximum Gasteiger partial charge on any atom is 0.0794 e. The Hall–Kier alpha value is -1.99. The number of benzene rings is 1. The zero-order valence-corrected chi connectivity index (χ0v) is 15.5. The summed E-state index contributed by atoms with van der Waals surface area (Å²) in [4.78, 5) is 7.24. The standard InChI is InChI=1S/C20H24N4OS/c25-17-13-23(12-16-4-2-1-3-5-16)10-11-24(14-17)15-18-6-7-20(26-18)19-8-9-21-22-19/h1-9,17,25H,10-15H2,(H,21,22)/t17-/m0/s1. The maximum absolute atomic E-state index is 10.4. The molecule has 0 amide bonds. The number of β-amino-alcohol motifs (C(OH)–C–C–N with tert-alkyl or cyclic N) is 1. The van der Waals surface area contributed by atoms with Gasteiger partial charge in [0.15, 0.2) is 0 Å². The SMILES string of the molecule is O[C@H]1CN(Cc2ccccc2)CCN(Cc2ccc(-c3ccn[nH]3)s2)C1. The third-order valence-electron chi connectivity index (χ3n) is 4.73. The van der Waals surface area contributed by atoms with Gasteiger partial charge in [0, 0.05) is 50.3 Å². The van der Waals surface area contributed by atoms with Crippen molar-refractivity contribution in [1.29, 1.82) is 0 Å². The number of hydrogen-bond acceptors (Lipinski definition) is 5. The molecule has 1 saturated heterocycles. The van der Waals surface area contributed by atoms with Crippen molar-refractivity contribution in [3.05, 3.63) is 65.2 Å². The van der Waals surface area contributed by atoms with Crippen LogP contribution in [0.15, 0.2) is 54.7 Å². The molecule has 1 aliphatic rings. The first-order valence-corrected chi connectivity index (χ1v) is 9.83. The van der Waals surface area contributed by atoms with Gasteiger partial charge in [-0.2, -0.15) is 5.10 Å². The zero-order chi connectivity index (χ0) is 17.8. The van der Waals surface area contributed by atoms with Crippen LogP contribution < -0.4 is 0 Å². The first-order chi connectivity index (χ1) is 12.8. The van der Waals surface area contributed by atoms with Gasteiger partial charge in [0.25, 0.3) is 0 Å². The smallest absolute Gasteiger partial charge is 0.0794 e. The maximum atomic E-state index is 10.4. The molecule has 1 fully saturated rings. The minimum atomic E-state index is -0.312. The van der Waals surface area contributed by atoms with Gasteiger partial charge in [-0.25, -0.2) is 0 Å². The molecule has 5 nitrogen and oxygen atoms in total. The summed E-state index contributed by atoms with van der Waals surface area (Å²) in [6.07, 6.45) is 1.47. The second kappa shape index (κ2) is 8.14. The molecule has 4 rings (SSSR count). The minimum Gasteiger partial charge on any atom is -0.390 e. The minimum absolute atomic E-state index is 0.312. The van der Waals surface area contributed by atoms with Crippen LogP contribution >= 0.6 is 11.3 Å². The van der Waals surface area contributed by atoms with Crippen molar-refractivity contribution in [3.63, 3.8) is 0 Å². The van der Waals surface area contributed by atoms with Gasteiger partial charge in [-0.3, -0.25) is 14.9 Å². The number of aromatic nitrogens is 2. The fourth-order valence-corrected chi connectivity index (χ4v) is 4.49. The van der Waals surface area contributed by atoms with Crippen molar-refractivity contribution in [2.45, 2.75) is 19.2 Å². The summed E-state index contributed by atoms with van der Waals surface area (Å²) in [7, 11) is 0. The number of nitrogens with zero attached hydrogens (tertiary/aromatic N) is 3. The summed E-state index contributed by atoms with van der Waals surface area (Å²) in [5, 5.41) is 17.5. The fourth-order valence-electron chi connectivity index (χ4n) is 3.47. The molecule has 1 aromatic carbocycles. The van der Waals surface area contributed by atoms with E-state index in [1.165, 1.54) is 15.3 Å². The van der Waals surface area contributed by atoms with E-state index in [0.717, 1.165) is 45.0 Å². The molecule has 1 aliphatic heterocycles. The highest BCUT2D eigenvalue weighted by Crippen LogP contribution is 2.27. The lowest BCUT2D eigenvalue weighted by molar-refractivity contribution is 0.106. The van der Waals surface area contributed by atoms with Gasteiger partial charge in [-0.15, -0.1) is 11.3 Å². The van der Waals surface area contributed by atoms with Crippen molar-refractivity contribution in [1.82, 2.24) is 20.0 Å². The Morgan fingerprint density at radius 2 is 1.77 bits per heavy atom. The Morgan fingerprint density at radius 3 is 2.50 bits per heavy atom. The zero-order valence-electron chi connectivity index (χ0n) is 14.7. The lowest BCUT2D eigenvalue weighted by Crippen LogP contribution is -2.33. The van der Waals surface area contributed by atoms with Gasteiger partial charge < -0.3 is 5.11 Å². The molecular formula is C20H24N4OS. The molecule has 26 heavy (non-hydrogen) atoms. The van der Waals surface area contributed by atoms with Crippen LogP contribution in [0.25, 0.3) is 10.6 Å². The van der Waals surface area contributed by atoms with Gasteiger partial charge in [0.2, 0.25) is 0 Å². The molecule has 1 atom stereocenters. The van der Waals surface area contributed by atoms with Crippen molar-refractivity contribution < 1.29 is 5.11 Å². The summed E-state index contributed by atoms with van der Waals surface area (Å²) >= 11 is 1.79. The Balaban J connectivity index is 1.36. The monoisotopic (exact) mass is 368 g/mol. The molecule has 3 heterocycles. The number of rotatable bonds is 5. The van der Waals surface area contributed by atoms with Crippen molar-refractivity contribution in [2.75, 3.05) is 26.2 Å². The molecule has 6 heteroatoms. The van der Waals surface area contributed by atoms with Crippen LogP contribution in [-0.2, 0) is 13.1 Å². The molecule has 2 N–H and O–H groups in total. The molecule has 0 radical (unpaired) electrons. The van der Waals surface area contributed by atoms with Crippen molar-refractivity contribution in [2.24, 2.45) is 0 Å². The molecule has 0 unspecified atom stereocenters. The van der Waals surface area contributed by atoms with E-state index < -0.39 is 0 Å². The van der Waals surface area contributed by atoms with E-state index in [4.69, 9.17) is 0 Å². The summed E-state index contributed by atoms with van der Waals surface area (Å²) in [5.74, 6) is 0. The molecular weight excluding hydrogens is 344 g/mol. The van der Waals surface area contributed by atoms with Gasteiger partial charge in [-0.05, 0) is 23.8 Å². The highest BCUT2D eigenvalue weighted by atomic mass is 32.1. The van der Waals surface area contributed by atoms with Gasteiger partial charge in [0.05, 0.1) is 16.7 Å². The van der Waals surface area contributed by atoms with Crippen LogP contribution in [0.4, 0.5) is 0 Å². The second-order valence-electron chi connectivity index (χ2n) is 6.85. The first-order valence-electron chi connectivity index (χ1n) is 9.01. The lowest BCUT2D eigenvalue weighted by Gasteiger charge is -2.21. The topological polar surface area (TPSA) is 55.4 Å². The lowest BCUT2D eigenvalue weighted by atomic mass is 10.2. The molecule has 0 spiro atoms. The predicted molar refractivity (Wildman–Crippen MR) is 105 cm³/mol. The van der Waals surface area contributed by atoms with Crippen molar-refractivity contribution >= 4 is 11.3 Å². The van der Waals surface area contributed by atoms with E-state index in [9.17, 15) is 5.11 Å². The summed E-state index contributed by atoms with van der Waals surface area (Å²) in [6, 6.07) is 16.8. The number of aliphatic hydroxyl groups is 1. The van der Waals surface area contributed by atoms with Crippen LogP contribution in [0.3, 0.4) is 0 Å². The van der Waals surface area contributed by atoms with Crippen LogP contribution in [0.5, 0.6) is 0 Å². The molecule has 0 saturated carbocycles. The summed E-state index contributed by atoms with van der Waals surface area (Å²) in [5.41, 5.74) is 2.36. The van der Waals surface area contributed by atoms with Gasteiger partial charge in [0.1, 0.15) is 0 Å². The highest BCUT2D eigenvalue weighted by molar-refractivity contribution is 7.15. The Bertz CT molecular complexity index is 802. The van der Waals surface area contributed by atoms with E-state index in [0.29, 0.717) is 0 Å². The predicted octanol–water partition coefficient (Wildman–Crippen LogP) is 2.82. The fraction of sp³-hybridized carbons (Fsp3) is 0.350. The van der Waals surface area contributed by atoms with Crippen LogP contribution in [0, 0.1) is 0 Å². The number of nitrogens with one attached hydrogen (secondary N) is 1. The Morgan fingerprint density at radius 1 is 1.00 bits per heavy atom. The molecule has 136 valence electrons. The largest absolute Gasteiger partial charge is 0.390 e. The third kappa shape index (κ3) is 4.40. The van der Waals surface area contributed by atoms with Crippen LogP contribution in [-0.4, -0.2) is 57.4 Å². The van der Waals surface area contributed by atoms with Crippen LogP contribution in [0.1, 0.15) is 10.4 Å². The number of hydrogen-bond donors (Lipinski definition) is 2. The van der Waals surface area contributed by atoms with Crippen LogP contribution in [0.2, 0.25) is 0 Å². The summed E-state index contributed by atoms with van der Waals surface area (Å²) < 4.78 is 0. The van der Waals surface area contributed by atoms with E-state index in [-0.39, 0.29) is 6.10 Å². The highest BCUT2D eigenvalue weighted by Gasteiger charge is 2.21. The second-order valence-corrected chi connectivity index (χ2v) is 8.01. The van der Waals surface area contributed by atoms with Crippen molar-refractivity contribution in [3.8, 4) is 10.6 Å². The Kier molecular flexibility index (Phi) is 5.45. The molecule has 2 aromatic heterocycles. The number of H-pyrrole nitrogens is 1. The average Bonchev–Trinajstić information content (AvgIpc) is 3.28. The molecule has 3 aromatic rings. The Labute approximate surface area is 157 Å². The first kappa shape index (κ1) is 17.4.